The summed E-state index contributed by atoms with van der Waals surface area (Å²) in [6.07, 6.45) is 5.47. The maximum Gasteiger partial charge on any atom is 0.243 e. The normalized spacial score (nSPS) is 16.1. The molecule has 3 N–H and O–H groups in total. The van der Waals surface area contributed by atoms with E-state index in [-0.39, 0.29) is 17.4 Å². The molecule has 1 saturated heterocycles. The molecular weight excluding hydrogens is 484 g/mol. The van der Waals surface area contributed by atoms with E-state index in [2.05, 4.69) is 25.6 Å². The van der Waals surface area contributed by atoms with Gasteiger partial charge in [0.05, 0.1) is 28.3 Å². The molecule has 1 fully saturated rings. The van der Waals surface area contributed by atoms with E-state index in [1.165, 1.54) is 15.6 Å². The molecule has 0 amide bonds. The zero-order valence-corrected chi connectivity index (χ0v) is 20.5. The molecule has 2 aromatic heterocycles. The molecule has 1 aromatic carbocycles. The summed E-state index contributed by atoms with van der Waals surface area (Å²) >= 11 is 2.96. The van der Waals surface area contributed by atoms with Gasteiger partial charge in [-0.15, -0.1) is 11.8 Å². The maximum absolute atomic E-state index is 12.9. The van der Waals surface area contributed by atoms with E-state index in [0.717, 1.165) is 15.1 Å². The Morgan fingerprint density at radius 3 is 2.64 bits per heavy atom. The van der Waals surface area contributed by atoms with Crippen molar-refractivity contribution in [3.63, 3.8) is 0 Å². The monoisotopic (exact) mass is 510 g/mol. The molecule has 0 bridgehead atoms. The Morgan fingerprint density at radius 1 is 1.21 bits per heavy atom. The minimum atomic E-state index is -3.55. The number of anilines is 2. The van der Waals surface area contributed by atoms with Gasteiger partial charge in [0.15, 0.2) is 5.13 Å². The van der Waals surface area contributed by atoms with Crippen LogP contribution in [-0.2, 0) is 14.8 Å². The highest BCUT2D eigenvalue weighted by Crippen LogP contribution is 2.29. The topological polar surface area (TPSA) is 130 Å². The van der Waals surface area contributed by atoms with Crippen LogP contribution >= 0.6 is 23.1 Å². The molecule has 3 heterocycles. The lowest BCUT2D eigenvalue weighted by molar-refractivity contribution is 0.0730. The van der Waals surface area contributed by atoms with Crippen LogP contribution in [0.5, 0.6) is 0 Å². The number of thiazole rings is 1. The summed E-state index contributed by atoms with van der Waals surface area (Å²) in [5.41, 5.74) is 0.726. The first kappa shape index (κ1) is 24.1. The second-order valence-corrected chi connectivity index (χ2v) is 11.3. The highest BCUT2D eigenvalue weighted by molar-refractivity contribution is 7.98. The number of aliphatic hydroxyl groups excluding tert-OH is 1. The smallest absolute Gasteiger partial charge is 0.243 e. The largest absolute Gasteiger partial charge is 0.396 e. The van der Waals surface area contributed by atoms with Crippen molar-refractivity contribution in [2.24, 2.45) is 5.92 Å². The number of sulfonamides is 1. The van der Waals surface area contributed by atoms with Gasteiger partial charge in [-0.1, -0.05) is 11.3 Å². The number of aliphatic hydroxyl groups is 1. The first-order chi connectivity index (χ1) is 16.0. The van der Waals surface area contributed by atoms with Crippen LogP contribution < -0.4 is 10.6 Å². The van der Waals surface area contributed by atoms with Gasteiger partial charge < -0.3 is 20.5 Å². The van der Waals surface area contributed by atoms with Crippen molar-refractivity contribution in [1.29, 1.82) is 0 Å². The van der Waals surface area contributed by atoms with Crippen LogP contribution in [-0.4, -0.2) is 85.0 Å². The van der Waals surface area contributed by atoms with E-state index in [0.29, 0.717) is 50.5 Å². The van der Waals surface area contributed by atoms with Crippen molar-refractivity contribution in [1.82, 2.24) is 19.3 Å². The molecular formula is C20H26N6O4S3. The van der Waals surface area contributed by atoms with E-state index in [1.54, 1.807) is 42.4 Å². The summed E-state index contributed by atoms with van der Waals surface area (Å²) < 4.78 is 33.3. The number of hydrogen-bond acceptors (Lipinski definition) is 11. The Bertz CT molecular complexity index is 1170. The molecule has 0 aliphatic carbocycles. The lowest BCUT2D eigenvalue weighted by Gasteiger charge is -2.25. The van der Waals surface area contributed by atoms with Gasteiger partial charge in [0.2, 0.25) is 16.0 Å². The summed E-state index contributed by atoms with van der Waals surface area (Å²) in [7, 11) is -3.55. The fourth-order valence-electron chi connectivity index (χ4n) is 3.26. The molecule has 10 nitrogen and oxygen atoms in total. The molecule has 33 heavy (non-hydrogen) atoms. The molecule has 13 heteroatoms. The maximum atomic E-state index is 12.9. The summed E-state index contributed by atoms with van der Waals surface area (Å²) in [6, 6.07) is 4.99. The van der Waals surface area contributed by atoms with Crippen molar-refractivity contribution in [3.8, 4) is 0 Å². The number of thioether (sulfide) groups is 1. The van der Waals surface area contributed by atoms with Gasteiger partial charge >= 0.3 is 0 Å². The summed E-state index contributed by atoms with van der Waals surface area (Å²) in [4.78, 5) is 14.3. The van der Waals surface area contributed by atoms with E-state index in [9.17, 15) is 13.5 Å². The second kappa shape index (κ2) is 10.9. The van der Waals surface area contributed by atoms with Crippen LogP contribution in [0.25, 0.3) is 10.2 Å². The third-order valence-electron chi connectivity index (χ3n) is 5.18. The number of ether oxygens (including phenoxy) is 1. The van der Waals surface area contributed by atoms with Crippen LogP contribution in [0.4, 0.5) is 11.1 Å². The third-order valence-corrected chi connectivity index (χ3v) is 8.73. The molecule has 0 saturated carbocycles. The predicted octanol–water partition coefficient (Wildman–Crippen LogP) is 1.96. The Hall–Kier alpha value is -2.03. The van der Waals surface area contributed by atoms with Crippen LogP contribution in [0, 0.1) is 5.92 Å². The average Bonchev–Trinajstić information content (AvgIpc) is 3.27. The molecule has 4 rings (SSSR count). The molecule has 1 aliphatic rings. The summed E-state index contributed by atoms with van der Waals surface area (Å²) in [5.74, 6) is 0.429. The second-order valence-electron chi connectivity index (χ2n) is 7.42. The van der Waals surface area contributed by atoms with Crippen molar-refractivity contribution in [2.45, 2.75) is 9.79 Å². The third kappa shape index (κ3) is 5.91. The van der Waals surface area contributed by atoms with Crippen LogP contribution in [0.3, 0.4) is 0 Å². The summed E-state index contributed by atoms with van der Waals surface area (Å²) in [6.45, 7) is 2.51. The number of hydrogen-bond donors (Lipinski definition) is 3. The van der Waals surface area contributed by atoms with Crippen molar-refractivity contribution < 1.29 is 18.3 Å². The Labute approximate surface area is 200 Å². The van der Waals surface area contributed by atoms with E-state index in [4.69, 9.17) is 4.74 Å². The van der Waals surface area contributed by atoms with E-state index in [1.807, 2.05) is 6.26 Å². The van der Waals surface area contributed by atoms with Crippen LogP contribution in [0.15, 0.2) is 40.4 Å². The fraction of sp³-hybridized carbons (Fsp3) is 0.450. The molecule has 0 spiro atoms. The van der Waals surface area contributed by atoms with E-state index >= 15 is 0 Å². The van der Waals surface area contributed by atoms with Gasteiger partial charge in [0.25, 0.3) is 0 Å². The molecule has 3 aromatic rings. The highest BCUT2D eigenvalue weighted by atomic mass is 32.2. The van der Waals surface area contributed by atoms with Gasteiger partial charge in [-0.25, -0.2) is 23.4 Å². The molecule has 178 valence electrons. The summed E-state index contributed by atoms with van der Waals surface area (Å²) in [5, 5.41) is 16.8. The van der Waals surface area contributed by atoms with Crippen molar-refractivity contribution in [2.75, 3.05) is 62.9 Å². The van der Waals surface area contributed by atoms with Crippen LogP contribution in [0.2, 0.25) is 0 Å². The first-order valence-corrected chi connectivity index (χ1v) is 13.9. The number of benzene rings is 1. The van der Waals surface area contributed by atoms with E-state index < -0.39 is 10.0 Å². The molecule has 1 aliphatic heterocycles. The SMILES string of the molecule is CSc1cnc(NCC(CO)CNc2nc3ccc(S(=O)(=O)N4CCOCC4)cc3s2)nc1. The van der Waals surface area contributed by atoms with Gasteiger partial charge in [0.1, 0.15) is 0 Å². The molecule has 0 radical (unpaired) electrons. The number of fused-ring (bicyclic) bond motifs is 1. The number of nitrogens with one attached hydrogen (secondary N) is 2. The van der Waals surface area contributed by atoms with Gasteiger partial charge in [-0.3, -0.25) is 0 Å². The van der Waals surface area contributed by atoms with Crippen molar-refractivity contribution >= 4 is 54.4 Å². The molecule has 1 atom stereocenters. The van der Waals surface area contributed by atoms with Gasteiger partial charge in [-0.05, 0) is 24.5 Å². The highest BCUT2D eigenvalue weighted by Gasteiger charge is 2.26. The Morgan fingerprint density at radius 2 is 1.94 bits per heavy atom. The quantitative estimate of drug-likeness (QED) is 0.348. The first-order valence-electron chi connectivity index (χ1n) is 10.4. The number of rotatable bonds is 10. The zero-order valence-electron chi connectivity index (χ0n) is 18.1. The lowest BCUT2D eigenvalue weighted by atomic mass is 10.1. The average molecular weight is 511 g/mol. The van der Waals surface area contributed by atoms with Crippen molar-refractivity contribution in [3.05, 3.63) is 30.6 Å². The number of aromatic nitrogens is 3. The number of nitrogens with zero attached hydrogens (tertiary/aromatic N) is 4. The predicted molar refractivity (Wildman–Crippen MR) is 131 cm³/mol. The Kier molecular flexibility index (Phi) is 7.98. The van der Waals surface area contributed by atoms with Crippen LogP contribution in [0.1, 0.15) is 0 Å². The standard InChI is InChI=1S/C20H26N6O4S3/c1-31-15-11-22-19(23-12-15)21-9-14(13-27)10-24-20-25-17-3-2-16(8-18(17)32-20)33(28,29)26-4-6-30-7-5-26/h2-3,8,11-12,14,27H,4-7,9-10,13H2,1H3,(H,24,25)(H,21,22,23). The molecule has 1 unspecified atom stereocenters. The Balaban J connectivity index is 1.37. The lowest BCUT2D eigenvalue weighted by Crippen LogP contribution is -2.40. The fourth-order valence-corrected chi connectivity index (χ4v) is 6.00. The zero-order chi connectivity index (χ0) is 23.3. The minimum Gasteiger partial charge on any atom is -0.396 e. The minimum absolute atomic E-state index is 0.0181. The number of morpholine rings is 1. The van der Waals surface area contributed by atoms with Gasteiger partial charge in [0, 0.05) is 56.0 Å². The van der Waals surface area contributed by atoms with Gasteiger partial charge in [-0.2, -0.15) is 4.31 Å².